The maximum atomic E-state index is 12.6. The highest BCUT2D eigenvalue weighted by Gasteiger charge is 2.33. The lowest BCUT2D eigenvalue weighted by Crippen LogP contribution is -2.49. The summed E-state index contributed by atoms with van der Waals surface area (Å²) < 4.78 is 37.8. The standard InChI is InChI=1S/C16H22F3NO/c1-15(11-21,20-14-5-3-2-4-6-14)12-7-9-13(10-8-12)16(17,18)19/h7-10,14,20-21H,2-6,11H2,1H3. The first-order valence-corrected chi connectivity index (χ1v) is 7.41. The Labute approximate surface area is 123 Å². The third-order valence-electron chi connectivity index (χ3n) is 4.29. The van der Waals surface area contributed by atoms with E-state index in [1.54, 1.807) is 0 Å². The molecule has 1 aliphatic rings. The van der Waals surface area contributed by atoms with Crippen LogP contribution in [0.3, 0.4) is 0 Å². The van der Waals surface area contributed by atoms with Gasteiger partial charge in [-0.05, 0) is 37.5 Å². The van der Waals surface area contributed by atoms with Gasteiger partial charge in [0.05, 0.1) is 17.7 Å². The molecule has 1 unspecified atom stereocenters. The molecule has 118 valence electrons. The van der Waals surface area contributed by atoms with Gasteiger partial charge in [-0.25, -0.2) is 0 Å². The smallest absolute Gasteiger partial charge is 0.394 e. The summed E-state index contributed by atoms with van der Waals surface area (Å²) in [7, 11) is 0. The highest BCUT2D eigenvalue weighted by Crippen LogP contribution is 2.31. The maximum absolute atomic E-state index is 12.6. The largest absolute Gasteiger partial charge is 0.416 e. The number of benzene rings is 1. The van der Waals surface area contributed by atoms with Gasteiger partial charge in [-0.3, -0.25) is 0 Å². The molecule has 1 saturated carbocycles. The van der Waals surface area contributed by atoms with Gasteiger partial charge in [0.2, 0.25) is 0 Å². The van der Waals surface area contributed by atoms with Crippen LogP contribution in [-0.2, 0) is 11.7 Å². The summed E-state index contributed by atoms with van der Waals surface area (Å²) in [4.78, 5) is 0. The lowest BCUT2D eigenvalue weighted by molar-refractivity contribution is -0.137. The summed E-state index contributed by atoms with van der Waals surface area (Å²) in [6.45, 7) is 1.69. The molecule has 0 bridgehead atoms. The third-order valence-corrected chi connectivity index (χ3v) is 4.29. The second-order valence-electron chi connectivity index (χ2n) is 6.04. The van der Waals surface area contributed by atoms with Crippen LogP contribution in [0.15, 0.2) is 24.3 Å². The Morgan fingerprint density at radius 3 is 2.05 bits per heavy atom. The number of hydrogen-bond acceptors (Lipinski definition) is 2. The number of nitrogens with one attached hydrogen (secondary N) is 1. The fourth-order valence-corrected chi connectivity index (χ4v) is 2.94. The number of hydrogen-bond donors (Lipinski definition) is 2. The fourth-order valence-electron chi connectivity index (χ4n) is 2.94. The molecule has 1 aromatic carbocycles. The van der Waals surface area contributed by atoms with Gasteiger partial charge in [0, 0.05) is 6.04 Å². The van der Waals surface area contributed by atoms with Crippen molar-refractivity contribution in [3.8, 4) is 0 Å². The minimum Gasteiger partial charge on any atom is -0.394 e. The number of rotatable bonds is 4. The van der Waals surface area contributed by atoms with E-state index in [1.165, 1.54) is 18.6 Å². The van der Waals surface area contributed by atoms with E-state index >= 15 is 0 Å². The van der Waals surface area contributed by atoms with Crippen LogP contribution >= 0.6 is 0 Å². The average molecular weight is 301 g/mol. The van der Waals surface area contributed by atoms with Crippen molar-refractivity contribution in [1.29, 1.82) is 0 Å². The van der Waals surface area contributed by atoms with Crippen LogP contribution in [0.4, 0.5) is 13.2 Å². The maximum Gasteiger partial charge on any atom is 0.416 e. The topological polar surface area (TPSA) is 32.3 Å². The quantitative estimate of drug-likeness (QED) is 0.885. The van der Waals surface area contributed by atoms with Gasteiger partial charge in [-0.2, -0.15) is 13.2 Å². The lowest BCUT2D eigenvalue weighted by atomic mass is 9.87. The van der Waals surface area contributed by atoms with Crippen molar-refractivity contribution in [3.05, 3.63) is 35.4 Å². The zero-order valence-corrected chi connectivity index (χ0v) is 12.2. The van der Waals surface area contributed by atoms with E-state index in [0.29, 0.717) is 11.6 Å². The van der Waals surface area contributed by atoms with Crippen LogP contribution in [0, 0.1) is 0 Å². The van der Waals surface area contributed by atoms with E-state index in [0.717, 1.165) is 37.8 Å². The van der Waals surface area contributed by atoms with Gasteiger partial charge in [0.25, 0.3) is 0 Å². The van der Waals surface area contributed by atoms with Crippen molar-refractivity contribution in [2.24, 2.45) is 0 Å². The van der Waals surface area contributed by atoms with E-state index in [1.807, 2.05) is 6.92 Å². The second kappa shape index (κ2) is 6.36. The van der Waals surface area contributed by atoms with E-state index in [4.69, 9.17) is 0 Å². The molecule has 1 aliphatic carbocycles. The molecule has 1 atom stereocenters. The molecule has 0 saturated heterocycles. The molecule has 1 fully saturated rings. The number of aliphatic hydroxyl groups is 1. The van der Waals surface area contributed by atoms with Crippen molar-refractivity contribution < 1.29 is 18.3 Å². The molecule has 0 amide bonds. The van der Waals surface area contributed by atoms with Crippen LogP contribution in [0.25, 0.3) is 0 Å². The molecule has 5 heteroatoms. The Hall–Kier alpha value is -1.07. The Morgan fingerprint density at radius 1 is 1.05 bits per heavy atom. The SMILES string of the molecule is CC(CO)(NC1CCCCC1)c1ccc(C(F)(F)F)cc1. The van der Waals surface area contributed by atoms with Crippen LogP contribution in [0.2, 0.25) is 0 Å². The van der Waals surface area contributed by atoms with Crippen molar-refractivity contribution >= 4 is 0 Å². The van der Waals surface area contributed by atoms with Crippen molar-refractivity contribution in [2.45, 2.75) is 56.8 Å². The van der Waals surface area contributed by atoms with Crippen LogP contribution in [0.5, 0.6) is 0 Å². The zero-order chi connectivity index (χ0) is 15.5. The molecule has 0 aliphatic heterocycles. The van der Waals surface area contributed by atoms with Gasteiger partial charge in [-0.15, -0.1) is 0 Å². The first-order chi connectivity index (χ1) is 9.85. The Bertz CT molecular complexity index is 452. The first kappa shape index (κ1) is 16.3. The van der Waals surface area contributed by atoms with E-state index in [2.05, 4.69) is 5.32 Å². The predicted molar refractivity (Wildman–Crippen MR) is 75.9 cm³/mol. The Balaban J connectivity index is 2.15. The molecular formula is C16H22F3NO. The Morgan fingerprint density at radius 2 is 1.57 bits per heavy atom. The molecule has 0 radical (unpaired) electrons. The lowest BCUT2D eigenvalue weighted by Gasteiger charge is -2.36. The van der Waals surface area contributed by atoms with Gasteiger partial charge in [0.1, 0.15) is 0 Å². The summed E-state index contributed by atoms with van der Waals surface area (Å²) in [5.41, 5.74) is -0.681. The molecule has 2 N–H and O–H groups in total. The molecule has 1 aromatic rings. The highest BCUT2D eigenvalue weighted by molar-refractivity contribution is 5.30. The molecule has 21 heavy (non-hydrogen) atoms. The normalized spacial score (nSPS) is 20.2. The number of halogens is 3. The number of alkyl halides is 3. The fraction of sp³-hybridized carbons (Fsp3) is 0.625. The number of aliphatic hydroxyl groups excluding tert-OH is 1. The Kier molecular flexibility index (Phi) is 4.94. The molecule has 0 spiro atoms. The summed E-state index contributed by atoms with van der Waals surface area (Å²) in [6.07, 6.45) is 1.32. The van der Waals surface area contributed by atoms with Crippen LogP contribution in [0.1, 0.15) is 50.2 Å². The molecule has 0 heterocycles. The van der Waals surface area contributed by atoms with Gasteiger partial charge >= 0.3 is 6.18 Å². The van der Waals surface area contributed by atoms with Gasteiger partial charge in [-0.1, -0.05) is 31.4 Å². The summed E-state index contributed by atoms with van der Waals surface area (Å²) in [6, 6.07) is 5.37. The molecule has 0 aromatic heterocycles. The summed E-state index contributed by atoms with van der Waals surface area (Å²) >= 11 is 0. The third kappa shape index (κ3) is 3.98. The minimum absolute atomic E-state index is 0.144. The van der Waals surface area contributed by atoms with Gasteiger partial charge < -0.3 is 10.4 Å². The summed E-state index contributed by atoms with van der Waals surface area (Å²) in [5, 5.41) is 13.1. The van der Waals surface area contributed by atoms with Crippen LogP contribution < -0.4 is 5.32 Å². The van der Waals surface area contributed by atoms with Crippen molar-refractivity contribution in [2.75, 3.05) is 6.61 Å². The van der Waals surface area contributed by atoms with Crippen molar-refractivity contribution in [3.63, 3.8) is 0 Å². The highest BCUT2D eigenvalue weighted by atomic mass is 19.4. The van der Waals surface area contributed by atoms with Crippen LogP contribution in [-0.4, -0.2) is 17.8 Å². The molecule has 2 rings (SSSR count). The minimum atomic E-state index is -4.33. The summed E-state index contributed by atoms with van der Waals surface area (Å²) in [5.74, 6) is 0. The van der Waals surface area contributed by atoms with E-state index in [-0.39, 0.29) is 6.61 Å². The second-order valence-corrected chi connectivity index (χ2v) is 6.04. The monoisotopic (exact) mass is 301 g/mol. The van der Waals surface area contributed by atoms with E-state index < -0.39 is 17.3 Å². The van der Waals surface area contributed by atoms with Crippen molar-refractivity contribution in [1.82, 2.24) is 5.32 Å². The molecular weight excluding hydrogens is 279 g/mol. The molecule has 2 nitrogen and oxygen atoms in total. The van der Waals surface area contributed by atoms with Gasteiger partial charge in [0.15, 0.2) is 0 Å². The average Bonchev–Trinajstić information content (AvgIpc) is 2.47. The van der Waals surface area contributed by atoms with E-state index in [9.17, 15) is 18.3 Å². The first-order valence-electron chi connectivity index (χ1n) is 7.41. The predicted octanol–water partition coefficient (Wildman–Crippen LogP) is 3.84. The zero-order valence-electron chi connectivity index (χ0n) is 12.2.